The van der Waals surface area contributed by atoms with Gasteiger partial charge >= 0.3 is 0 Å². The number of carbonyl (C=O) groups is 1. The number of Topliss-reactive ketones (excluding diaryl/α,β-unsaturated/α-hetero) is 1. The summed E-state index contributed by atoms with van der Waals surface area (Å²) >= 11 is 0. The summed E-state index contributed by atoms with van der Waals surface area (Å²) in [5, 5.41) is 3.31. The number of hydrogen-bond acceptors (Lipinski definition) is 2. The lowest BCUT2D eigenvalue weighted by Gasteiger charge is -2.02. The minimum atomic E-state index is 0. The van der Waals surface area contributed by atoms with E-state index in [-0.39, 0.29) is 29.3 Å². The van der Waals surface area contributed by atoms with E-state index in [1.54, 1.807) is 0 Å². The Kier molecular flexibility index (Phi) is 5.56. The molecule has 0 spiro atoms. The molecule has 4 aromatic carbocycles. The van der Waals surface area contributed by atoms with Gasteiger partial charge < -0.3 is 21.4 Å². The van der Waals surface area contributed by atoms with E-state index in [2.05, 4.69) is 34.9 Å². The van der Waals surface area contributed by atoms with Crippen molar-refractivity contribution in [3.63, 3.8) is 0 Å². The Morgan fingerprint density at radius 1 is 0.788 bits per heavy atom. The van der Waals surface area contributed by atoms with Gasteiger partial charge in [-0.1, -0.05) is 66.7 Å². The maximum atomic E-state index is 13.1. The predicted octanol–water partition coefficient (Wildman–Crippen LogP) is 2.76. The molecule has 0 saturated heterocycles. The zero-order valence-electron chi connectivity index (χ0n) is 17.8. The molecule has 0 aliphatic heterocycles. The van der Waals surface area contributed by atoms with Crippen molar-refractivity contribution in [3.8, 4) is 0 Å². The molecule has 0 aliphatic rings. The van der Waals surface area contributed by atoms with Crippen LogP contribution in [0.1, 0.15) is 16.1 Å². The molecular formula is C28H21BrN2O2. The van der Waals surface area contributed by atoms with Crippen molar-refractivity contribution in [2.75, 3.05) is 0 Å². The molecule has 33 heavy (non-hydrogen) atoms. The van der Waals surface area contributed by atoms with Gasteiger partial charge in [0, 0.05) is 10.9 Å². The van der Waals surface area contributed by atoms with E-state index in [4.69, 9.17) is 4.42 Å². The normalized spacial score (nSPS) is 11.2. The second-order valence-corrected chi connectivity index (χ2v) is 8.10. The molecule has 0 aliphatic carbocycles. The van der Waals surface area contributed by atoms with Gasteiger partial charge in [-0.25, -0.2) is 9.13 Å². The zero-order valence-corrected chi connectivity index (χ0v) is 19.4. The summed E-state index contributed by atoms with van der Waals surface area (Å²) in [6.07, 6.45) is 2.01. The number of ketones is 1. The van der Waals surface area contributed by atoms with Gasteiger partial charge in [-0.3, -0.25) is 4.79 Å². The summed E-state index contributed by atoms with van der Waals surface area (Å²) in [4.78, 5) is 13.1. The van der Waals surface area contributed by atoms with Gasteiger partial charge in [0.25, 0.3) is 0 Å². The topological polar surface area (TPSA) is 39.0 Å². The number of nitrogens with zero attached hydrogens (tertiary/aromatic N) is 2. The molecular weight excluding hydrogens is 476 g/mol. The lowest BCUT2D eigenvalue weighted by atomic mass is 10.0. The lowest BCUT2D eigenvalue weighted by molar-refractivity contribution is -0.657. The van der Waals surface area contributed by atoms with Crippen molar-refractivity contribution in [2.24, 2.45) is 0 Å². The first-order chi connectivity index (χ1) is 15.7. The third kappa shape index (κ3) is 3.96. The van der Waals surface area contributed by atoms with Crippen LogP contribution < -0.4 is 21.5 Å². The Labute approximate surface area is 201 Å². The predicted molar refractivity (Wildman–Crippen MR) is 126 cm³/mol. The zero-order chi connectivity index (χ0) is 21.5. The molecule has 2 aromatic heterocycles. The molecule has 0 amide bonds. The average molecular weight is 497 g/mol. The van der Waals surface area contributed by atoms with E-state index in [1.807, 2.05) is 77.6 Å². The van der Waals surface area contributed by atoms with Crippen LogP contribution in [-0.2, 0) is 13.1 Å². The number of hydrogen-bond donors (Lipinski definition) is 0. The van der Waals surface area contributed by atoms with E-state index in [0.29, 0.717) is 6.54 Å². The summed E-state index contributed by atoms with van der Waals surface area (Å²) in [6, 6.07) is 32.3. The van der Waals surface area contributed by atoms with Crippen LogP contribution in [0.15, 0.2) is 108 Å². The molecule has 0 fully saturated rings. The number of rotatable bonds is 5. The number of imidazole rings is 1. The SMILES string of the molecule is O=C(C[n+]1cn(Cc2cc3ccccc3o2)c2ccccc21)c1ccc2ccccc2c1.[Br-]. The highest BCUT2D eigenvalue weighted by molar-refractivity contribution is 5.99. The highest BCUT2D eigenvalue weighted by Crippen LogP contribution is 2.21. The fourth-order valence-corrected chi connectivity index (χ4v) is 4.39. The summed E-state index contributed by atoms with van der Waals surface area (Å²) in [5.74, 6) is 0.979. The largest absolute Gasteiger partial charge is 1.00 e. The smallest absolute Gasteiger partial charge is 0.245 e. The van der Waals surface area contributed by atoms with Crippen molar-refractivity contribution >= 4 is 38.6 Å². The standard InChI is InChI=1S/C28H21N2O2.BrH/c31-27(22-14-13-20-7-1-2-8-21(20)15-22)18-30-19-29(25-10-4-5-11-26(25)30)17-24-16-23-9-3-6-12-28(23)32-24;/h1-16,19H,17-18H2;1H/q+1;/p-1. The number of halogens is 1. The molecule has 4 nitrogen and oxygen atoms in total. The fourth-order valence-electron chi connectivity index (χ4n) is 4.39. The first-order valence-corrected chi connectivity index (χ1v) is 10.7. The van der Waals surface area contributed by atoms with Crippen molar-refractivity contribution in [3.05, 3.63) is 115 Å². The third-order valence-corrected chi connectivity index (χ3v) is 5.97. The molecule has 0 bridgehead atoms. The third-order valence-electron chi connectivity index (χ3n) is 5.97. The molecule has 6 aromatic rings. The monoisotopic (exact) mass is 496 g/mol. The van der Waals surface area contributed by atoms with Crippen LogP contribution in [0.3, 0.4) is 0 Å². The van der Waals surface area contributed by atoms with Crippen LogP contribution >= 0.6 is 0 Å². The molecule has 162 valence electrons. The second kappa shape index (κ2) is 8.68. The molecule has 0 radical (unpaired) electrons. The van der Waals surface area contributed by atoms with Crippen molar-refractivity contribution < 1.29 is 30.8 Å². The number of aromatic nitrogens is 2. The number of carbonyl (C=O) groups excluding carboxylic acids is 1. The molecule has 6 rings (SSSR count). The van der Waals surface area contributed by atoms with Crippen LogP contribution in [0.4, 0.5) is 0 Å². The number of benzene rings is 4. The van der Waals surface area contributed by atoms with E-state index in [0.717, 1.165) is 44.1 Å². The molecule has 2 heterocycles. The minimum Gasteiger partial charge on any atom is -1.00 e. The van der Waals surface area contributed by atoms with E-state index in [9.17, 15) is 4.79 Å². The molecule has 0 atom stereocenters. The first-order valence-electron chi connectivity index (χ1n) is 10.7. The number of para-hydroxylation sites is 3. The maximum absolute atomic E-state index is 13.1. The quantitative estimate of drug-likeness (QED) is 0.272. The van der Waals surface area contributed by atoms with Crippen LogP contribution in [0, 0.1) is 0 Å². The van der Waals surface area contributed by atoms with Gasteiger partial charge in [0.1, 0.15) is 17.9 Å². The van der Waals surface area contributed by atoms with Crippen molar-refractivity contribution in [2.45, 2.75) is 13.1 Å². The maximum Gasteiger partial charge on any atom is 0.245 e. The Morgan fingerprint density at radius 3 is 2.36 bits per heavy atom. The highest BCUT2D eigenvalue weighted by Gasteiger charge is 2.20. The molecule has 0 N–H and O–H groups in total. The summed E-state index contributed by atoms with van der Waals surface area (Å²) in [5.41, 5.74) is 3.71. The van der Waals surface area contributed by atoms with E-state index >= 15 is 0 Å². The Bertz CT molecular complexity index is 1580. The number of fused-ring (bicyclic) bond motifs is 3. The van der Waals surface area contributed by atoms with Gasteiger partial charge in [-0.2, -0.15) is 0 Å². The highest BCUT2D eigenvalue weighted by atomic mass is 79.9. The summed E-state index contributed by atoms with van der Waals surface area (Å²) in [6.45, 7) is 0.887. The Balaban J connectivity index is 0.00000228. The second-order valence-electron chi connectivity index (χ2n) is 8.10. The molecule has 0 unspecified atom stereocenters. The number of furan rings is 1. The summed E-state index contributed by atoms with van der Waals surface area (Å²) in [7, 11) is 0. The lowest BCUT2D eigenvalue weighted by Crippen LogP contribution is -3.00. The van der Waals surface area contributed by atoms with Gasteiger partial charge in [0.05, 0.1) is 0 Å². The molecule has 0 saturated carbocycles. The first kappa shape index (κ1) is 21.2. The molecule has 5 heteroatoms. The van der Waals surface area contributed by atoms with Gasteiger partial charge in [-0.05, 0) is 41.1 Å². The average Bonchev–Trinajstić information content (AvgIpc) is 3.40. The fraction of sp³-hybridized carbons (Fsp3) is 0.0714. The minimum absolute atomic E-state index is 0. The Morgan fingerprint density at radius 2 is 1.52 bits per heavy atom. The van der Waals surface area contributed by atoms with Crippen LogP contribution in [-0.4, -0.2) is 10.4 Å². The van der Waals surface area contributed by atoms with Gasteiger partial charge in [0.15, 0.2) is 17.6 Å². The Hall–Kier alpha value is -3.70. The van der Waals surface area contributed by atoms with Crippen LogP contribution in [0.25, 0.3) is 32.8 Å². The van der Waals surface area contributed by atoms with Gasteiger partial charge in [-0.15, -0.1) is 0 Å². The summed E-state index contributed by atoms with van der Waals surface area (Å²) < 4.78 is 10.2. The van der Waals surface area contributed by atoms with Crippen molar-refractivity contribution in [1.29, 1.82) is 0 Å². The van der Waals surface area contributed by atoms with Gasteiger partial charge in [0.2, 0.25) is 12.1 Å². The van der Waals surface area contributed by atoms with Crippen LogP contribution in [0.5, 0.6) is 0 Å². The van der Waals surface area contributed by atoms with Crippen molar-refractivity contribution in [1.82, 2.24) is 4.57 Å². The van der Waals surface area contributed by atoms with Crippen LogP contribution in [0.2, 0.25) is 0 Å². The van der Waals surface area contributed by atoms with E-state index in [1.165, 1.54) is 0 Å². The van der Waals surface area contributed by atoms with E-state index < -0.39 is 0 Å².